The van der Waals surface area contributed by atoms with Gasteiger partial charge in [0.15, 0.2) is 0 Å². The van der Waals surface area contributed by atoms with E-state index < -0.39 is 10.0 Å². The molecule has 2 N–H and O–H groups in total. The average Bonchev–Trinajstić information content (AvgIpc) is 2.82. The van der Waals surface area contributed by atoms with Crippen molar-refractivity contribution in [2.75, 3.05) is 13.2 Å². The summed E-state index contributed by atoms with van der Waals surface area (Å²) in [5, 5.41) is 9.03. The molecule has 1 aromatic rings. The molecule has 0 aliphatic carbocycles. The van der Waals surface area contributed by atoms with Crippen LogP contribution in [-0.2, 0) is 21.4 Å². The molecule has 0 spiro atoms. The number of aliphatic hydroxyl groups is 1. The van der Waals surface area contributed by atoms with E-state index in [4.69, 9.17) is 9.84 Å². The number of ether oxygens (including phenoxy) is 1. The Labute approximate surface area is 113 Å². The summed E-state index contributed by atoms with van der Waals surface area (Å²) in [6, 6.07) is 6.32. The van der Waals surface area contributed by atoms with Crippen LogP contribution in [0.4, 0.5) is 0 Å². The molecule has 0 amide bonds. The zero-order chi connectivity index (χ0) is 13.9. The van der Waals surface area contributed by atoms with Gasteiger partial charge in [0.2, 0.25) is 10.0 Å². The number of hydrogen-bond acceptors (Lipinski definition) is 4. The highest BCUT2D eigenvalue weighted by atomic mass is 32.2. The molecule has 2 atom stereocenters. The summed E-state index contributed by atoms with van der Waals surface area (Å²) in [7, 11) is -3.52. The van der Waals surface area contributed by atoms with Gasteiger partial charge in [-0.2, -0.15) is 0 Å². The van der Waals surface area contributed by atoms with Gasteiger partial charge in [-0.25, -0.2) is 13.1 Å². The van der Waals surface area contributed by atoms with E-state index in [0.29, 0.717) is 18.7 Å². The first-order chi connectivity index (χ1) is 9.03. The summed E-state index contributed by atoms with van der Waals surface area (Å²) in [6.07, 6.45) is 0.965. The quantitative estimate of drug-likeness (QED) is 0.842. The fourth-order valence-electron chi connectivity index (χ4n) is 2.16. The van der Waals surface area contributed by atoms with Crippen molar-refractivity contribution in [1.29, 1.82) is 0 Å². The van der Waals surface area contributed by atoms with Crippen LogP contribution in [0, 0.1) is 5.92 Å². The topological polar surface area (TPSA) is 75.6 Å². The molecule has 2 rings (SSSR count). The molecule has 1 aromatic carbocycles. The minimum atomic E-state index is -3.52. The molecule has 1 saturated heterocycles. The zero-order valence-electron chi connectivity index (χ0n) is 10.9. The van der Waals surface area contributed by atoms with Crippen LogP contribution in [0.25, 0.3) is 0 Å². The van der Waals surface area contributed by atoms with Crippen LogP contribution < -0.4 is 4.72 Å². The van der Waals surface area contributed by atoms with E-state index in [1.54, 1.807) is 12.1 Å². The molecule has 0 aromatic heterocycles. The fraction of sp³-hybridized carbons (Fsp3) is 0.538. The van der Waals surface area contributed by atoms with Gasteiger partial charge in [-0.05, 0) is 31.0 Å². The van der Waals surface area contributed by atoms with Crippen molar-refractivity contribution in [2.45, 2.75) is 31.0 Å². The Hall–Kier alpha value is -0.950. The Bertz CT molecular complexity index is 529. The Kier molecular flexibility index (Phi) is 4.57. The summed E-state index contributed by atoms with van der Waals surface area (Å²) in [4.78, 5) is 0.186. The van der Waals surface area contributed by atoms with Gasteiger partial charge < -0.3 is 9.84 Å². The minimum absolute atomic E-state index is 0.0893. The Morgan fingerprint density at radius 1 is 1.47 bits per heavy atom. The molecule has 5 nitrogen and oxygen atoms in total. The summed E-state index contributed by atoms with van der Waals surface area (Å²) in [5.74, 6) is 0.218. The van der Waals surface area contributed by atoms with Gasteiger partial charge in [-0.1, -0.05) is 12.1 Å². The van der Waals surface area contributed by atoms with E-state index >= 15 is 0 Å². The van der Waals surface area contributed by atoms with Gasteiger partial charge in [-0.15, -0.1) is 0 Å². The summed E-state index contributed by atoms with van der Waals surface area (Å²) in [6.45, 7) is 2.86. The van der Waals surface area contributed by atoms with Gasteiger partial charge in [0, 0.05) is 19.1 Å². The molecule has 1 heterocycles. The standard InChI is InChI=1S/C13H19NO4S/c1-10-12(5-6-18-10)8-14-19(16,17)13-4-2-3-11(7-13)9-15/h2-4,7,10,12,14-15H,5-6,8-9H2,1H3. The van der Waals surface area contributed by atoms with Gasteiger partial charge in [0.1, 0.15) is 0 Å². The molecule has 2 unspecified atom stereocenters. The molecule has 1 fully saturated rings. The molecule has 106 valence electrons. The molecule has 0 saturated carbocycles. The smallest absolute Gasteiger partial charge is 0.240 e. The summed E-state index contributed by atoms with van der Waals surface area (Å²) in [5.41, 5.74) is 0.584. The third-order valence-corrected chi connectivity index (χ3v) is 4.88. The SMILES string of the molecule is CC1OCCC1CNS(=O)(=O)c1cccc(CO)c1. The molecular weight excluding hydrogens is 266 g/mol. The number of nitrogens with one attached hydrogen (secondary N) is 1. The third kappa shape index (κ3) is 3.54. The maximum Gasteiger partial charge on any atom is 0.240 e. The first-order valence-corrected chi connectivity index (χ1v) is 7.82. The number of sulfonamides is 1. The van der Waals surface area contributed by atoms with Crippen molar-refractivity contribution in [2.24, 2.45) is 5.92 Å². The van der Waals surface area contributed by atoms with Crippen LogP contribution in [-0.4, -0.2) is 32.8 Å². The zero-order valence-corrected chi connectivity index (χ0v) is 11.7. The van der Waals surface area contributed by atoms with Gasteiger partial charge >= 0.3 is 0 Å². The molecule has 1 aliphatic heterocycles. The van der Waals surface area contributed by atoms with Crippen LogP contribution in [0.1, 0.15) is 18.9 Å². The highest BCUT2D eigenvalue weighted by Gasteiger charge is 2.26. The lowest BCUT2D eigenvalue weighted by atomic mass is 10.0. The fourth-order valence-corrected chi connectivity index (χ4v) is 3.32. The van der Waals surface area contributed by atoms with Gasteiger partial charge in [-0.3, -0.25) is 0 Å². The van der Waals surface area contributed by atoms with Crippen LogP contribution >= 0.6 is 0 Å². The molecule has 19 heavy (non-hydrogen) atoms. The van der Waals surface area contributed by atoms with E-state index in [0.717, 1.165) is 6.42 Å². The van der Waals surface area contributed by atoms with E-state index in [1.807, 2.05) is 6.92 Å². The van der Waals surface area contributed by atoms with Gasteiger partial charge in [0.25, 0.3) is 0 Å². The van der Waals surface area contributed by atoms with E-state index in [-0.39, 0.29) is 23.5 Å². The number of benzene rings is 1. The Morgan fingerprint density at radius 3 is 2.89 bits per heavy atom. The van der Waals surface area contributed by atoms with Crippen molar-refractivity contribution in [3.8, 4) is 0 Å². The summed E-state index contributed by atoms with van der Waals surface area (Å²) >= 11 is 0. The van der Waals surface area contributed by atoms with Crippen molar-refractivity contribution in [3.05, 3.63) is 29.8 Å². The van der Waals surface area contributed by atoms with Crippen molar-refractivity contribution in [3.63, 3.8) is 0 Å². The van der Waals surface area contributed by atoms with E-state index in [2.05, 4.69) is 4.72 Å². The lowest BCUT2D eigenvalue weighted by Crippen LogP contribution is -2.32. The highest BCUT2D eigenvalue weighted by Crippen LogP contribution is 2.20. The number of rotatable bonds is 5. The first-order valence-electron chi connectivity index (χ1n) is 6.34. The maximum absolute atomic E-state index is 12.1. The lowest BCUT2D eigenvalue weighted by Gasteiger charge is -2.15. The van der Waals surface area contributed by atoms with Crippen LogP contribution in [0.15, 0.2) is 29.2 Å². The number of hydrogen-bond donors (Lipinski definition) is 2. The summed E-state index contributed by atoms with van der Waals surface area (Å²) < 4.78 is 32.3. The second kappa shape index (κ2) is 6.00. The lowest BCUT2D eigenvalue weighted by molar-refractivity contribution is 0.107. The molecule has 6 heteroatoms. The monoisotopic (exact) mass is 285 g/mol. The Balaban J connectivity index is 2.05. The van der Waals surface area contributed by atoms with Crippen molar-refractivity contribution in [1.82, 2.24) is 4.72 Å². The van der Waals surface area contributed by atoms with Gasteiger partial charge in [0.05, 0.1) is 17.6 Å². The largest absolute Gasteiger partial charge is 0.392 e. The van der Waals surface area contributed by atoms with Crippen molar-refractivity contribution < 1.29 is 18.3 Å². The number of aliphatic hydroxyl groups excluding tert-OH is 1. The third-order valence-electron chi connectivity index (χ3n) is 3.46. The van der Waals surface area contributed by atoms with Crippen LogP contribution in [0.3, 0.4) is 0 Å². The molecular formula is C13H19NO4S. The predicted octanol–water partition coefficient (Wildman–Crippen LogP) is 0.882. The highest BCUT2D eigenvalue weighted by molar-refractivity contribution is 7.89. The van der Waals surface area contributed by atoms with Crippen LogP contribution in [0.5, 0.6) is 0 Å². The maximum atomic E-state index is 12.1. The second-order valence-electron chi connectivity index (χ2n) is 4.78. The van der Waals surface area contributed by atoms with E-state index in [1.165, 1.54) is 12.1 Å². The molecule has 0 bridgehead atoms. The first kappa shape index (κ1) is 14.5. The Morgan fingerprint density at radius 2 is 2.26 bits per heavy atom. The predicted molar refractivity (Wildman–Crippen MR) is 71.1 cm³/mol. The molecule has 0 radical (unpaired) electrons. The molecule has 1 aliphatic rings. The second-order valence-corrected chi connectivity index (χ2v) is 6.55. The van der Waals surface area contributed by atoms with Crippen LogP contribution in [0.2, 0.25) is 0 Å². The van der Waals surface area contributed by atoms with E-state index in [9.17, 15) is 8.42 Å². The normalized spacial score (nSPS) is 23.7. The average molecular weight is 285 g/mol. The minimum Gasteiger partial charge on any atom is -0.392 e. The van der Waals surface area contributed by atoms with Crippen molar-refractivity contribution >= 4 is 10.0 Å².